The van der Waals surface area contributed by atoms with Gasteiger partial charge in [-0.15, -0.1) is 0 Å². The van der Waals surface area contributed by atoms with Gasteiger partial charge in [-0.25, -0.2) is 4.39 Å². The largest absolute Gasteiger partial charge is 0.371 e. The van der Waals surface area contributed by atoms with Crippen molar-refractivity contribution >= 4 is 34.8 Å². The fourth-order valence-electron chi connectivity index (χ4n) is 3.03. The minimum atomic E-state index is -0.799. The molecule has 0 aliphatic carbocycles. The summed E-state index contributed by atoms with van der Waals surface area (Å²) in [6.07, 6.45) is 5.40. The molecule has 0 spiro atoms. The van der Waals surface area contributed by atoms with Crippen LogP contribution >= 0.6 is 11.6 Å². The van der Waals surface area contributed by atoms with Crippen molar-refractivity contribution in [1.82, 2.24) is 10.3 Å². The minimum Gasteiger partial charge on any atom is -0.371 e. The maximum absolute atomic E-state index is 13.1. The standard InChI is InChI=1S/C19H20ClFN4O2/c20-16-11-14(1-2-17(16)21)24-19(27)18(26)23-12-13-5-9-25(10-6-13)15-3-7-22-8-4-15/h1-4,7-8,11,13H,5-6,9-10,12H2,(H,23,26)(H,24,27). The number of benzene rings is 1. The molecule has 0 saturated carbocycles. The Kier molecular flexibility index (Phi) is 6.24. The summed E-state index contributed by atoms with van der Waals surface area (Å²) >= 11 is 5.66. The van der Waals surface area contributed by atoms with Crippen molar-refractivity contribution in [3.63, 3.8) is 0 Å². The molecule has 27 heavy (non-hydrogen) atoms. The van der Waals surface area contributed by atoms with Gasteiger partial charge in [-0.3, -0.25) is 14.6 Å². The lowest BCUT2D eigenvalue weighted by molar-refractivity contribution is -0.136. The van der Waals surface area contributed by atoms with E-state index in [0.717, 1.165) is 37.7 Å². The third-order valence-electron chi connectivity index (χ3n) is 4.58. The number of rotatable bonds is 4. The normalized spacial score (nSPS) is 14.7. The van der Waals surface area contributed by atoms with E-state index in [2.05, 4.69) is 20.5 Å². The van der Waals surface area contributed by atoms with E-state index < -0.39 is 17.6 Å². The number of nitrogens with one attached hydrogen (secondary N) is 2. The second kappa shape index (κ2) is 8.81. The van der Waals surface area contributed by atoms with Crippen molar-refractivity contribution in [1.29, 1.82) is 0 Å². The smallest absolute Gasteiger partial charge is 0.313 e. The van der Waals surface area contributed by atoms with Crippen molar-refractivity contribution in [2.24, 2.45) is 5.92 Å². The van der Waals surface area contributed by atoms with Gasteiger partial charge >= 0.3 is 11.8 Å². The van der Waals surface area contributed by atoms with Gasteiger partial charge in [0.25, 0.3) is 0 Å². The number of amides is 2. The molecular formula is C19H20ClFN4O2. The summed E-state index contributed by atoms with van der Waals surface area (Å²) in [6, 6.07) is 7.70. The van der Waals surface area contributed by atoms with Crippen LogP contribution < -0.4 is 15.5 Å². The summed E-state index contributed by atoms with van der Waals surface area (Å²) in [6.45, 7) is 2.23. The molecular weight excluding hydrogens is 371 g/mol. The first kappa shape index (κ1) is 19.1. The third kappa shape index (κ3) is 5.17. The van der Waals surface area contributed by atoms with Crippen LogP contribution in [0.1, 0.15) is 12.8 Å². The van der Waals surface area contributed by atoms with Crippen LogP contribution in [0.5, 0.6) is 0 Å². The third-order valence-corrected chi connectivity index (χ3v) is 4.87. The van der Waals surface area contributed by atoms with Crippen LogP contribution in [-0.2, 0) is 9.59 Å². The van der Waals surface area contributed by atoms with Crippen LogP contribution in [0.2, 0.25) is 5.02 Å². The van der Waals surface area contributed by atoms with Crippen LogP contribution in [0, 0.1) is 11.7 Å². The average molecular weight is 391 g/mol. The van der Waals surface area contributed by atoms with Crippen LogP contribution in [0.25, 0.3) is 0 Å². The van der Waals surface area contributed by atoms with Gasteiger partial charge < -0.3 is 15.5 Å². The van der Waals surface area contributed by atoms with Crippen molar-refractivity contribution in [3.05, 3.63) is 53.6 Å². The monoisotopic (exact) mass is 390 g/mol. The second-order valence-corrected chi connectivity index (χ2v) is 6.84. The van der Waals surface area contributed by atoms with Crippen molar-refractivity contribution in [2.45, 2.75) is 12.8 Å². The first-order valence-corrected chi connectivity index (χ1v) is 9.10. The first-order valence-electron chi connectivity index (χ1n) is 8.72. The summed E-state index contributed by atoms with van der Waals surface area (Å²) in [4.78, 5) is 30.2. The van der Waals surface area contributed by atoms with E-state index in [1.165, 1.54) is 12.1 Å². The van der Waals surface area contributed by atoms with Crippen LogP contribution in [0.15, 0.2) is 42.7 Å². The summed E-state index contributed by atoms with van der Waals surface area (Å²) in [5.74, 6) is -1.78. The number of nitrogens with zero attached hydrogens (tertiary/aromatic N) is 2. The molecule has 1 saturated heterocycles. The molecule has 1 aromatic heterocycles. The predicted molar refractivity (Wildman–Crippen MR) is 102 cm³/mol. The molecule has 2 amide bonds. The molecule has 0 radical (unpaired) electrons. The van der Waals surface area contributed by atoms with Crippen LogP contribution in [0.4, 0.5) is 15.8 Å². The Balaban J connectivity index is 1.42. The number of hydrogen-bond acceptors (Lipinski definition) is 4. The summed E-state index contributed by atoms with van der Waals surface area (Å²) in [7, 11) is 0. The van der Waals surface area contributed by atoms with Crippen LogP contribution in [-0.4, -0.2) is 36.4 Å². The second-order valence-electron chi connectivity index (χ2n) is 6.43. The van der Waals surface area contributed by atoms with Crippen molar-refractivity contribution in [2.75, 3.05) is 29.9 Å². The molecule has 142 valence electrons. The Bertz CT molecular complexity index is 811. The van der Waals surface area contributed by atoms with E-state index in [4.69, 9.17) is 11.6 Å². The lowest BCUT2D eigenvalue weighted by Gasteiger charge is -2.33. The highest BCUT2D eigenvalue weighted by molar-refractivity contribution is 6.39. The molecule has 3 rings (SSSR count). The van der Waals surface area contributed by atoms with Gasteiger partial charge in [-0.05, 0) is 49.1 Å². The number of pyridine rings is 1. The topological polar surface area (TPSA) is 74.3 Å². The number of hydrogen-bond donors (Lipinski definition) is 2. The number of anilines is 2. The van der Waals surface area contributed by atoms with E-state index in [-0.39, 0.29) is 10.7 Å². The maximum Gasteiger partial charge on any atom is 0.313 e. The first-order chi connectivity index (χ1) is 13.0. The molecule has 0 atom stereocenters. The van der Waals surface area contributed by atoms with E-state index in [9.17, 15) is 14.0 Å². The lowest BCUT2D eigenvalue weighted by atomic mass is 9.96. The molecule has 0 unspecified atom stereocenters. The summed E-state index contributed by atoms with van der Waals surface area (Å²) < 4.78 is 13.1. The van der Waals surface area contributed by atoms with E-state index in [1.54, 1.807) is 12.4 Å². The SMILES string of the molecule is O=C(NCC1CCN(c2ccncc2)CC1)C(=O)Nc1ccc(F)c(Cl)c1. The van der Waals surface area contributed by atoms with Gasteiger partial charge in [0.15, 0.2) is 0 Å². The Morgan fingerprint density at radius 2 is 1.85 bits per heavy atom. The highest BCUT2D eigenvalue weighted by Gasteiger charge is 2.21. The van der Waals surface area contributed by atoms with Crippen molar-refractivity contribution in [3.8, 4) is 0 Å². The van der Waals surface area contributed by atoms with Gasteiger partial charge in [-0.2, -0.15) is 0 Å². The molecule has 0 bridgehead atoms. The zero-order chi connectivity index (χ0) is 19.2. The summed E-state index contributed by atoms with van der Waals surface area (Å²) in [5.41, 5.74) is 1.41. The Hall–Kier alpha value is -2.67. The molecule has 1 aliphatic rings. The lowest BCUT2D eigenvalue weighted by Crippen LogP contribution is -2.41. The predicted octanol–water partition coefficient (Wildman–Crippen LogP) is 2.85. The number of carbonyl (C=O) groups excluding carboxylic acids is 2. The molecule has 8 heteroatoms. The average Bonchev–Trinajstić information content (AvgIpc) is 2.70. The highest BCUT2D eigenvalue weighted by atomic mass is 35.5. The fraction of sp³-hybridized carbons (Fsp3) is 0.316. The minimum absolute atomic E-state index is 0.117. The van der Waals surface area contributed by atoms with Crippen LogP contribution in [0.3, 0.4) is 0 Å². The molecule has 6 nitrogen and oxygen atoms in total. The Morgan fingerprint density at radius 1 is 1.15 bits per heavy atom. The number of piperidine rings is 1. The Morgan fingerprint density at radius 3 is 2.52 bits per heavy atom. The zero-order valence-electron chi connectivity index (χ0n) is 14.6. The van der Waals surface area contributed by atoms with Gasteiger partial charge in [0, 0.05) is 43.4 Å². The van der Waals surface area contributed by atoms with E-state index >= 15 is 0 Å². The molecule has 2 aromatic rings. The van der Waals surface area contributed by atoms with E-state index in [0.29, 0.717) is 12.5 Å². The highest BCUT2D eigenvalue weighted by Crippen LogP contribution is 2.22. The zero-order valence-corrected chi connectivity index (χ0v) is 15.4. The van der Waals surface area contributed by atoms with Crippen molar-refractivity contribution < 1.29 is 14.0 Å². The molecule has 1 fully saturated rings. The maximum atomic E-state index is 13.1. The molecule has 1 aromatic carbocycles. The van der Waals surface area contributed by atoms with Gasteiger partial charge in [-0.1, -0.05) is 11.6 Å². The van der Waals surface area contributed by atoms with Gasteiger partial charge in [0.2, 0.25) is 0 Å². The molecule has 1 aliphatic heterocycles. The number of carbonyl (C=O) groups is 2. The molecule has 2 heterocycles. The molecule has 2 N–H and O–H groups in total. The van der Waals surface area contributed by atoms with Gasteiger partial charge in [0.05, 0.1) is 5.02 Å². The number of aromatic nitrogens is 1. The fourth-order valence-corrected chi connectivity index (χ4v) is 3.21. The summed E-state index contributed by atoms with van der Waals surface area (Å²) in [5, 5.41) is 4.96. The number of halogens is 2. The Labute approximate surface area is 161 Å². The van der Waals surface area contributed by atoms with Gasteiger partial charge in [0.1, 0.15) is 5.82 Å². The quantitative estimate of drug-likeness (QED) is 0.787. The van der Waals surface area contributed by atoms with E-state index in [1.807, 2.05) is 12.1 Å².